The third-order valence-electron chi connectivity index (χ3n) is 6.30. The van der Waals surface area contributed by atoms with Gasteiger partial charge in [-0.15, -0.1) is 5.10 Å². The maximum atomic E-state index is 12.1. The van der Waals surface area contributed by atoms with Gasteiger partial charge in [-0.3, -0.25) is 14.7 Å². The molecule has 0 bridgehead atoms. The smallest absolute Gasteiger partial charge is 0.215 e. The second kappa shape index (κ2) is 11.6. The first-order chi connectivity index (χ1) is 16.0. The first-order valence-electron chi connectivity index (χ1n) is 11.8. The van der Waals surface area contributed by atoms with Crippen molar-refractivity contribution in [3.8, 4) is 11.1 Å². The van der Waals surface area contributed by atoms with Crippen LogP contribution in [0.1, 0.15) is 69.9 Å². The van der Waals surface area contributed by atoms with Gasteiger partial charge >= 0.3 is 0 Å². The first kappa shape index (κ1) is 24.5. The zero-order valence-corrected chi connectivity index (χ0v) is 19.8. The van der Waals surface area contributed by atoms with Crippen molar-refractivity contribution < 1.29 is 4.79 Å². The number of nitrogens with one attached hydrogen (secondary N) is 1. The SMILES string of the molecule is CCCC/C(=N/C1(C)CCCC1)N(C=O)Cc1ccc(-c2ccccc2/C(N)=N/NN)cc1. The van der Waals surface area contributed by atoms with Crippen LogP contribution in [0.2, 0.25) is 0 Å². The standard InChI is InChI=1S/C26H36N6O/c1-3-4-11-24(29-26(2)16-7-8-17-26)32(19-33)18-20-12-14-21(15-13-20)22-9-5-6-10-23(22)25(27)30-31-28/h5-6,9-10,12-15,19,31H,3-4,7-8,11,16-18,28H2,1-2H3,(H2,27,30)/b29-24-. The van der Waals surface area contributed by atoms with Crippen molar-refractivity contribution in [1.82, 2.24) is 10.4 Å². The largest absolute Gasteiger partial charge is 0.382 e. The van der Waals surface area contributed by atoms with E-state index >= 15 is 0 Å². The number of hydrogen-bond acceptors (Lipinski definition) is 5. The van der Waals surface area contributed by atoms with Gasteiger partial charge in [-0.2, -0.15) is 0 Å². The summed E-state index contributed by atoms with van der Waals surface area (Å²) >= 11 is 0. The number of hydrazine groups is 1. The molecule has 1 aliphatic carbocycles. The number of unbranched alkanes of at least 4 members (excludes halogenated alkanes) is 1. The van der Waals surface area contributed by atoms with Crippen LogP contribution in [-0.2, 0) is 11.3 Å². The van der Waals surface area contributed by atoms with Crippen molar-refractivity contribution in [3.63, 3.8) is 0 Å². The topological polar surface area (TPSA) is 109 Å². The lowest BCUT2D eigenvalue weighted by atomic mass is 9.98. The normalized spacial score (nSPS) is 16.0. The zero-order chi connectivity index (χ0) is 23.7. The number of benzene rings is 2. The van der Waals surface area contributed by atoms with Gasteiger partial charge in [-0.1, -0.05) is 74.7 Å². The van der Waals surface area contributed by atoms with Crippen LogP contribution >= 0.6 is 0 Å². The molecule has 0 atom stereocenters. The van der Waals surface area contributed by atoms with E-state index in [9.17, 15) is 4.79 Å². The van der Waals surface area contributed by atoms with Crippen molar-refractivity contribution in [1.29, 1.82) is 0 Å². The third kappa shape index (κ3) is 6.42. The minimum Gasteiger partial charge on any atom is -0.382 e. The molecule has 2 aromatic carbocycles. The monoisotopic (exact) mass is 448 g/mol. The van der Waals surface area contributed by atoms with Gasteiger partial charge in [0.05, 0.1) is 12.1 Å². The summed E-state index contributed by atoms with van der Waals surface area (Å²) in [6.07, 6.45) is 8.45. The number of amidine groups is 2. The molecule has 1 fully saturated rings. The van der Waals surface area contributed by atoms with Gasteiger partial charge in [0, 0.05) is 12.0 Å². The lowest BCUT2D eigenvalue weighted by Gasteiger charge is -2.26. The molecule has 0 heterocycles. The number of nitrogens with two attached hydrogens (primary N) is 2. The van der Waals surface area contributed by atoms with Crippen LogP contribution in [-0.4, -0.2) is 28.5 Å². The van der Waals surface area contributed by atoms with Crippen LogP contribution < -0.4 is 17.1 Å². The van der Waals surface area contributed by atoms with Gasteiger partial charge in [0.15, 0.2) is 5.84 Å². The predicted octanol–water partition coefficient (Wildman–Crippen LogP) is 4.32. The van der Waals surface area contributed by atoms with E-state index in [2.05, 4.69) is 24.5 Å². The number of carbonyl (C=O) groups is 1. The Hall–Kier alpha value is -3.19. The molecule has 1 saturated carbocycles. The zero-order valence-electron chi connectivity index (χ0n) is 19.8. The molecule has 0 radical (unpaired) electrons. The number of amides is 1. The summed E-state index contributed by atoms with van der Waals surface area (Å²) in [4.78, 5) is 18.9. The second-order valence-corrected chi connectivity index (χ2v) is 8.94. The Morgan fingerprint density at radius 2 is 1.85 bits per heavy atom. The molecule has 0 saturated heterocycles. The van der Waals surface area contributed by atoms with Gasteiger partial charge in [-0.05, 0) is 42.9 Å². The molecule has 2 aromatic rings. The number of carbonyl (C=O) groups excluding carboxylic acids is 1. The molecule has 33 heavy (non-hydrogen) atoms. The highest BCUT2D eigenvalue weighted by Gasteiger charge is 2.29. The average molecular weight is 449 g/mol. The summed E-state index contributed by atoms with van der Waals surface area (Å²) in [5.74, 6) is 6.52. The summed E-state index contributed by atoms with van der Waals surface area (Å²) in [6.45, 7) is 4.89. The van der Waals surface area contributed by atoms with Crippen molar-refractivity contribution in [3.05, 3.63) is 59.7 Å². The second-order valence-electron chi connectivity index (χ2n) is 8.94. The van der Waals surface area contributed by atoms with Gasteiger partial charge in [-0.25, -0.2) is 11.4 Å². The van der Waals surface area contributed by atoms with Crippen LogP contribution in [0.4, 0.5) is 0 Å². The summed E-state index contributed by atoms with van der Waals surface area (Å²) < 4.78 is 0. The van der Waals surface area contributed by atoms with E-state index in [0.717, 1.165) is 66.6 Å². The number of rotatable bonds is 10. The number of nitrogens with zero attached hydrogens (tertiary/aromatic N) is 3. The summed E-state index contributed by atoms with van der Waals surface area (Å²) in [7, 11) is 0. The van der Waals surface area contributed by atoms with E-state index in [-0.39, 0.29) is 5.54 Å². The Labute approximate surface area is 196 Å². The summed E-state index contributed by atoms with van der Waals surface area (Å²) in [6, 6.07) is 16.0. The van der Waals surface area contributed by atoms with Crippen molar-refractivity contribution >= 4 is 18.1 Å². The molecule has 0 aromatic heterocycles. The molecule has 7 nitrogen and oxygen atoms in total. The van der Waals surface area contributed by atoms with Crippen molar-refractivity contribution in [2.24, 2.45) is 21.7 Å². The van der Waals surface area contributed by atoms with Crippen LogP contribution in [0.5, 0.6) is 0 Å². The maximum Gasteiger partial charge on any atom is 0.215 e. The molecule has 1 amide bonds. The van der Waals surface area contributed by atoms with E-state index in [1.165, 1.54) is 12.8 Å². The van der Waals surface area contributed by atoms with Gasteiger partial charge in [0.2, 0.25) is 6.41 Å². The third-order valence-corrected chi connectivity index (χ3v) is 6.30. The number of hydrazone groups is 1. The Balaban J connectivity index is 1.82. The van der Waals surface area contributed by atoms with Gasteiger partial charge < -0.3 is 5.73 Å². The fraction of sp³-hybridized carbons (Fsp3) is 0.423. The number of aliphatic imine (C=N–C) groups is 1. The van der Waals surface area contributed by atoms with Crippen LogP contribution in [0.3, 0.4) is 0 Å². The lowest BCUT2D eigenvalue weighted by Crippen LogP contribution is -2.32. The molecule has 7 heteroatoms. The fourth-order valence-electron chi connectivity index (χ4n) is 4.42. The van der Waals surface area contributed by atoms with Crippen LogP contribution in [0.15, 0.2) is 58.6 Å². The molecule has 3 rings (SSSR count). The minimum absolute atomic E-state index is 0.0439. The maximum absolute atomic E-state index is 12.1. The van der Waals surface area contributed by atoms with E-state index in [1.54, 1.807) is 4.90 Å². The summed E-state index contributed by atoms with van der Waals surface area (Å²) in [5, 5.41) is 3.90. The summed E-state index contributed by atoms with van der Waals surface area (Å²) in [5.41, 5.74) is 12.1. The molecular formula is C26H36N6O. The van der Waals surface area contributed by atoms with Gasteiger partial charge in [0.1, 0.15) is 5.84 Å². The first-order valence-corrected chi connectivity index (χ1v) is 11.8. The highest BCUT2D eigenvalue weighted by molar-refractivity contribution is 6.03. The van der Waals surface area contributed by atoms with E-state index < -0.39 is 0 Å². The Morgan fingerprint density at radius 1 is 1.15 bits per heavy atom. The molecule has 1 aliphatic rings. The van der Waals surface area contributed by atoms with E-state index in [0.29, 0.717) is 12.4 Å². The molecular weight excluding hydrogens is 412 g/mol. The van der Waals surface area contributed by atoms with E-state index in [4.69, 9.17) is 16.6 Å². The predicted molar refractivity (Wildman–Crippen MR) is 135 cm³/mol. The minimum atomic E-state index is -0.0439. The Morgan fingerprint density at radius 3 is 2.48 bits per heavy atom. The van der Waals surface area contributed by atoms with Crippen molar-refractivity contribution in [2.75, 3.05) is 0 Å². The lowest BCUT2D eigenvalue weighted by molar-refractivity contribution is -0.115. The highest BCUT2D eigenvalue weighted by Crippen LogP contribution is 2.33. The average Bonchev–Trinajstić information content (AvgIpc) is 3.27. The molecule has 0 aliphatic heterocycles. The highest BCUT2D eigenvalue weighted by atomic mass is 16.1. The van der Waals surface area contributed by atoms with Crippen LogP contribution in [0, 0.1) is 0 Å². The molecule has 0 unspecified atom stereocenters. The molecule has 176 valence electrons. The fourth-order valence-corrected chi connectivity index (χ4v) is 4.42. The number of hydrogen-bond donors (Lipinski definition) is 3. The van der Waals surface area contributed by atoms with Gasteiger partial charge in [0.25, 0.3) is 0 Å². The van der Waals surface area contributed by atoms with Crippen LogP contribution in [0.25, 0.3) is 11.1 Å². The molecule has 5 N–H and O–H groups in total. The van der Waals surface area contributed by atoms with E-state index in [1.807, 2.05) is 48.5 Å². The Bertz CT molecular complexity index is 977. The quantitative estimate of drug-likeness (QED) is 0.165. The molecule has 0 spiro atoms. The Kier molecular flexibility index (Phi) is 8.60. The van der Waals surface area contributed by atoms with Crippen molar-refractivity contribution in [2.45, 2.75) is 70.9 Å².